The molecule has 2 aromatic rings. The second-order valence-corrected chi connectivity index (χ2v) is 11.6. The average Bonchev–Trinajstić information content (AvgIpc) is 3.40. The molecule has 0 radical (unpaired) electrons. The Morgan fingerprint density at radius 3 is 2.49 bits per heavy atom. The Hall–Kier alpha value is -3.12. The number of rotatable bonds is 6. The second kappa shape index (κ2) is 9.32. The zero-order chi connectivity index (χ0) is 25.7. The molecule has 2 aliphatic carbocycles. The van der Waals surface area contributed by atoms with Crippen LogP contribution in [0.2, 0.25) is 0 Å². The van der Waals surface area contributed by atoms with Crippen LogP contribution < -0.4 is 0 Å². The van der Waals surface area contributed by atoms with Crippen molar-refractivity contribution in [2.24, 2.45) is 5.41 Å². The van der Waals surface area contributed by atoms with E-state index in [1.165, 1.54) is 55.5 Å². The number of aryl methyl sites for hydroxylation is 3. The minimum absolute atomic E-state index is 0.123. The number of carbonyl (C=O) groups is 4. The third kappa shape index (κ3) is 4.35. The lowest BCUT2D eigenvalue weighted by Crippen LogP contribution is -2.47. The van der Waals surface area contributed by atoms with Gasteiger partial charge in [0, 0.05) is 19.5 Å². The highest BCUT2D eigenvalue weighted by Crippen LogP contribution is 2.48. The first kappa shape index (κ1) is 24.2. The van der Waals surface area contributed by atoms with E-state index in [1.807, 2.05) is 12.1 Å². The van der Waals surface area contributed by atoms with E-state index >= 15 is 0 Å². The minimum atomic E-state index is -0.831. The van der Waals surface area contributed by atoms with Gasteiger partial charge in [-0.1, -0.05) is 36.8 Å². The lowest BCUT2D eigenvalue weighted by atomic mass is 9.68. The topological polar surface area (TPSA) is 74.8 Å². The Morgan fingerprint density at radius 1 is 0.946 bits per heavy atom. The van der Waals surface area contributed by atoms with Crippen molar-refractivity contribution in [1.82, 2.24) is 9.80 Å². The summed E-state index contributed by atoms with van der Waals surface area (Å²) in [5.74, 6) is -1.27. The van der Waals surface area contributed by atoms with Crippen LogP contribution in [-0.2, 0) is 29.0 Å². The van der Waals surface area contributed by atoms with E-state index in [-0.39, 0.29) is 30.8 Å². The number of likely N-dealkylation sites (tertiary alicyclic amines) is 1. The number of hydrogen-bond donors (Lipinski definition) is 0. The number of hydrogen-bond acceptors (Lipinski definition) is 5. The smallest absolute Gasteiger partial charge is 0.262 e. The van der Waals surface area contributed by atoms with Gasteiger partial charge < -0.3 is 0 Å². The molecule has 2 amide bonds. The number of amides is 2. The summed E-state index contributed by atoms with van der Waals surface area (Å²) < 4.78 is 0. The first-order valence-corrected chi connectivity index (χ1v) is 13.7. The van der Waals surface area contributed by atoms with Crippen LogP contribution in [0.4, 0.5) is 0 Å². The number of fused-ring (bicyclic) bond motifs is 1. The number of nitrogens with zero attached hydrogens (tertiary/aromatic N) is 2. The monoisotopic (exact) mass is 498 g/mol. The van der Waals surface area contributed by atoms with Gasteiger partial charge in [-0.05, 0) is 85.7 Å². The summed E-state index contributed by atoms with van der Waals surface area (Å²) in [6, 6.07) is 11.3. The van der Waals surface area contributed by atoms with Crippen LogP contribution in [-0.4, -0.2) is 52.3 Å². The molecule has 0 N–H and O–H groups in total. The summed E-state index contributed by atoms with van der Waals surface area (Å²) in [7, 11) is 0. The molecule has 6 nitrogen and oxygen atoms in total. The molecule has 2 heterocycles. The van der Waals surface area contributed by atoms with E-state index in [9.17, 15) is 19.2 Å². The number of Topliss-reactive ketones (excluding diaryl/α,β-unsaturated/α-hetero) is 2. The van der Waals surface area contributed by atoms with Gasteiger partial charge >= 0.3 is 0 Å². The predicted octanol–water partition coefficient (Wildman–Crippen LogP) is 4.44. The molecule has 192 valence electrons. The minimum Gasteiger partial charge on any atom is -0.299 e. The van der Waals surface area contributed by atoms with Crippen LogP contribution in [0.1, 0.15) is 87.9 Å². The van der Waals surface area contributed by atoms with Gasteiger partial charge in [0.25, 0.3) is 11.8 Å². The van der Waals surface area contributed by atoms with Gasteiger partial charge in [0.05, 0.1) is 23.6 Å². The Morgan fingerprint density at radius 2 is 1.78 bits per heavy atom. The van der Waals surface area contributed by atoms with Crippen molar-refractivity contribution in [3.63, 3.8) is 0 Å². The molecule has 6 heteroatoms. The van der Waals surface area contributed by atoms with E-state index in [1.54, 1.807) is 6.07 Å². The van der Waals surface area contributed by atoms with Crippen molar-refractivity contribution in [3.8, 4) is 0 Å². The summed E-state index contributed by atoms with van der Waals surface area (Å²) in [5.41, 5.74) is 6.13. The molecule has 0 bridgehead atoms. The SMILES string of the molecule is Cc1cc(CCc2cccc3c2C(=O)N(C2CCC(=O)CC2=O)C3=O)ccc1CN1CCC2(CCC2)C1. The predicted molar refractivity (Wildman–Crippen MR) is 139 cm³/mol. The molecular formula is C31H34N2O4. The lowest BCUT2D eigenvalue weighted by molar-refractivity contribution is -0.132. The third-order valence-corrected chi connectivity index (χ3v) is 9.20. The summed E-state index contributed by atoms with van der Waals surface area (Å²) in [6.45, 7) is 5.63. The van der Waals surface area contributed by atoms with Crippen molar-refractivity contribution in [2.45, 2.75) is 77.3 Å². The summed E-state index contributed by atoms with van der Waals surface area (Å²) >= 11 is 0. The molecule has 4 aliphatic rings. The van der Waals surface area contributed by atoms with Crippen LogP contribution >= 0.6 is 0 Å². The summed E-state index contributed by atoms with van der Waals surface area (Å²) in [5, 5.41) is 0. The first-order valence-electron chi connectivity index (χ1n) is 13.7. The maximum atomic E-state index is 13.4. The highest BCUT2D eigenvalue weighted by Gasteiger charge is 2.45. The van der Waals surface area contributed by atoms with Crippen molar-refractivity contribution in [3.05, 3.63) is 69.8 Å². The number of benzene rings is 2. The van der Waals surface area contributed by atoms with E-state index in [0.29, 0.717) is 23.0 Å². The largest absolute Gasteiger partial charge is 0.299 e. The Labute approximate surface area is 218 Å². The molecule has 2 aliphatic heterocycles. The zero-order valence-electron chi connectivity index (χ0n) is 21.6. The summed E-state index contributed by atoms with van der Waals surface area (Å²) in [6.07, 6.45) is 7.19. The molecular weight excluding hydrogens is 464 g/mol. The molecule has 37 heavy (non-hydrogen) atoms. The van der Waals surface area contributed by atoms with E-state index in [4.69, 9.17) is 0 Å². The molecule has 2 aromatic carbocycles. The van der Waals surface area contributed by atoms with Gasteiger partial charge in [-0.15, -0.1) is 0 Å². The standard InChI is InChI=1S/C31H34N2O4/c1-20-16-21(7-9-23(20)18-32-15-14-31(19-32)12-3-13-31)6-8-22-4-2-5-25-28(22)30(37)33(29(25)36)26-11-10-24(34)17-27(26)35/h2,4-5,7,9,16,26H,3,6,8,10-15,17-19H2,1H3. The molecule has 1 spiro atoms. The van der Waals surface area contributed by atoms with Crippen molar-refractivity contribution < 1.29 is 19.2 Å². The van der Waals surface area contributed by atoms with Crippen molar-refractivity contribution in [1.29, 1.82) is 0 Å². The highest BCUT2D eigenvalue weighted by molar-refractivity contribution is 6.24. The van der Waals surface area contributed by atoms with Crippen LogP contribution in [0.5, 0.6) is 0 Å². The van der Waals surface area contributed by atoms with Crippen molar-refractivity contribution >= 4 is 23.4 Å². The maximum Gasteiger partial charge on any atom is 0.262 e. The van der Waals surface area contributed by atoms with Gasteiger partial charge in [-0.25, -0.2) is 0 Å². The Balaban J connectivity index is 1.14. The molecule has 3 fully saturated rings. The van der Waals surface area contributed by atoms with E-state index in [0.717, 1.165) is 23.4 Å². The van der Waals surface area contributed by atoms with E-state index in [2.05, 4.69) is 30.0 Å². The fourth-order valence-electron chi connectivity index (χ4n) is 6.86. The normalized spacial score (nSPS) is 23.2. The molecule has 1 saturated heterocycles. The van der Waals surface area contributed by atoms with Crippen LogP contribution in [0.25, 0.3) is 0 Å². The lowest BCUT2D eigenvalue weighted by Gasteiger charge is -2.38. The number of ketones is 2. The first-order chi connectivity index (χ1) is 17.8. The number of carbonyl (C=O) groups excluding carboxylic acids is 4. The second-order valence-electron chi connectivity index (χ2n) is 11.6. The highest BCUT2D eigenvalue weighted by atomic mass is 16.2. The molecule has 6 rings (SSSR count). The van der Waals surface area contributed by atoms with Crippen LogP contribution in [0, 0.1) is 12.3 Å². The van der Waals surface area contributed by atoms with Gasteiger partial charge in [-0.2, -0.15) is 0 Å². The van der Waals surface area contributed by atoms with Crippen LogP contribution in [0.15, 0.2) is 36.4 Å². The Bertz CT molecular complexity index is 1310. The van der Waals surface area contributed by atoms with Gasteiger partial charge in [0.15, 0.2) is 5.78 Å². The molecule has 2 saturated carbocycles. The molecule has 1 atom stereocenters. The molecule has 1 unspecified atom stereocenters. The number of imide groups is 1. The maximum absolute atomic E-state index is 13.4. The van der Waals surface area contributed by atoms with Crippen LogP contribution in [0.3, 0.4) is 0 Å². The Kier molecular flexibility index (Phi) is 6.10. The average molecular weight is 499 g/mol. The third-order valence-electron chi connectivity index (χ3n) is 9.20. The summed E-state index contributed by atoms with van der Waals surface area (Å²) in [4.78, 5) is 54.3. The fraction of sp³-hybridized carbons (Fsp3) is 0.484. The van der Waals surface area contributed by atoms with Gasteiger partial charge in [0.2, 0.25) is 0 Å². The van der Waals surface area contributed by atoms with Gasteiger partial charge in [0.1, 0.15) is 5.78 Å². The quantitative estimate of drug-likeness (QED) is 0.435. The fourth-order valence-corrected chi connectivity index (χ4v) is 6.86. The van der Waals surface area contributed by atoms with Crippen molar-refractivity contribution in [2.75, 3.05) is 13.1 Å². The zero-order valence-corrected chi connectivity index (χ0v) is 21.6. The van der Waals surface area contributed by atoms with Gasteiger partial charge in [-0.3, -0.25) is 29.0 Å². The van der Waals surface area contributed by atoms with E-state index < -0.39 is 17.9 Å². The molecule has 0 aromatic heterocycles.